The predicted molar refractivity (Wildman–Crippen MR) is 64.8 cm³/mol. The maximum Gasteiger partial charge on any atom is 0.147 e. The molecule has 0 saturated heterocycles. The Hall–Kier alpha value is -0.640. The number of hydrogen-bond donors (Lipinski definition) is 0. The lowest BCUT2D eigenvalue weighted by Crippen LogP contribution is -1.82. The Kier molecular flexibility index (Phi) is 3.57. The third-order valence-electron chi connectivity index (χ3n) is 1.85. The molecule has 15 heavy (non-hydrogen) atoms. The van der Waals surface area contributed by atoms with Crippen molar-refractivity contribution in [2.24, 2.45) is 0 Å². The molecule has 0 unspecified atom stereocenters. The van der Waals surface area contributed by atoms with Gasteiger partial charge < -0.3 is 0 Å². The van der Waals surface area contributed by atoms with Crippen LogP contribution in [-0.2, 0) is 6.42 Å². The van der Waals surface area contributed by atoms with Crippen molar-refractivity contribution in [1.82, 2.24) is 10.2 Å². The summed E-state index contributed by atoms with van der Waals surface area (Å²) in [6.45, 7) is 0. The first kappa shape index (κ1) is 10.9. The van der Waals surface area contributed by atoms with E-state index in [0.717, 1.165) is 22.0 Å². The van der Waals surface area contributed by atoms with Gasteiger partial charge in [-0.2, -0.15) is 0 Å². The summed E-state index contributed by atoms with van der Waals surface area (Å²) < 4.78 is 0. The van der Waals surface area contributed by atoms with E-state index < -0.39 is 0 Å². The Morgan fingerprint density at radius 1 is 1.27 bits per heavy atom. The monoisotopic (exact) mass is 258 g/mol. The van der Waals surface area contributed by atoms with Gasteiger partial charge in [0.2, 0.25) is 0 Å². The minimum absolute atomic E-state index is 0.574. The number of benzene rings is 1. The van der Waals surface area contributed by atoms with E-state index in [4.69, 9.17) is 23.2 Å². The summed E-state index contributed by atoms with van der Waals surface area (Å²) in [7, 11) is 0. The Labute approximate surface area is 102 Å². The van der Waals surface area contributed by atoms with Crippen LogP contribution in [0.1, 0.15) is 5.01 Å². The highest BCUT2D eigenvalue weighted by Gasteiger charge is 2.06. The van der Waals surface area contributed by atoms with Crippen molar-refractivity contribution in [2.45, 2.75) is 6.42 Å². The lowest BCUT2D eigenvalue weighted by molar-refractivity contribution is 0.990. The van der Waals surface area contributed by atoms with Gasteiger partial charge in [0.25, 0.3) is 0 Å². The van der Waals surface area contributed by atoms with Gasteiger partial charge in [0.05, 0.1) is 0 Å². The lowest BCUT2D eigenvalue weighted by atomic mass is 10.2. The van der Waals surface area contributed by atoms with Crippen molar-refractivity contribution in [3.05, 3.63) is 34.3 Å². The molecule has 1 aromatic heterocycles. The Bertz CT molecular complexity index is 456. The fourth-order valence-electron chi connectivity index (χ4n) is 1.17. The first-order valence-corrected chi connectivity index (χ1v) is 6.17. The van der Waals surface area contributed by atoms with Crippen molar-refractivity contribution in [3.8, 4) is 10.6 Å². The maximum absolute atomic E-state index is 5.90. The molecule has 0 N–H and O–H groups in total. The van der Waals surface area contributed by atoms with E-state index in [-0.39, 0.29) is 0 Å². The fourth-order valence-corrected chi connectivity index (χ4v) is 2.49. The van der Waals surface area contributed by atoms with Crippen LogP contribution in [-0.4, -0.2) is 16.1 Å². The molecule has 78 valence electrons. The highest BCUT2D eigenvalue weighted by atomic mass is 35.5. The zero-order valence-corrected chi connectivity index (χ0v) is 10.1. The van der Waals surface area contributed by atoms with E-state index in [1.807, 2.05) is 24.3 Å². The molecule has 0 saturated carbocycles. The minimum atomic E-state index is 0.574. The number of aromatic nitrogens is 2. The molecule has 0 amide bonds. The number of rotatable bonds is 3. The van der Waals surface area contributed by atoms with Crippen LogP contribution in [0.5, 0.6) is 0 Å². The van der Waals surface area contributed by atoms with E-state index in [9.17, 15) is 0 Å². The van der Waals surface area contributed by atoms with Crippen molar-refractivity contribution >= 4 is 34.5 Å². The first-order valence-electron chi connectivity index (χ1n) is 4.44. The van der Waals surface area contributed by atoms with Gasteiger partial charge in [0.15, 0.2) is 0 Å². The molecule has 0 radical (unpaired) electrons. The third-order valence-corrected chi connectivity index (χ3v) is 3.30. The van der Waals surface area contributed by atoms with Crippen molar-refractivity contribution in [2.75, 3.05) is 5.88 Å². The Balaban J connectivity index is 2.29. The first-order chi connectivity index (χ1) is 7.29. The van der Waals surface area contributed by atoms with Gasteiger partial charge >= 0.3 is 0 Å². The maximum atomic E-state index is 5.90. The lowest BCUT2D eigenvalue weighted by Gasteiger charge is -1.94. The summed E-state index contributed by atoms with van der Waals surface area (Å²) in [5, 5.41) is 10.7. The molecule has 0 bridgehead atoms. The molecule has 0 aliphatic heterocycles. The molecule has 2 rings (SSSR count). The quantitative estimate of drug-likeness (QED) is 0.786. The predicted octanol–water partition coefficient (Wildman–Crippen LogP) is 3.64. The average Bonchev–Trinajstić information content (AvgIpc) is 2.67. The van der Waals surface area contributed by atoms with Gasteiger partial charge in [0, 0.05) is 22.9 Å². The van der Waals surface area contributed by atoms with Gasteiger partial charge in [0.1, 0.15) is 10.0 Å². The van der Waals surface area contributed by atoms with E-state index in [1.54, 1.807) is 11.3 Å². The van der Waals surface area contributed by atoms with Crippen LogP contribution in [0.15, 0.2) is 24.3 Å². The minimum Gasteiger partial charge on any atom is -0.143 e. The highest BCUT2D eigenvalue weighted by molar-refractivity contribution is 7.14. The smallest absolute Gasteiger partial charge is 0.143 e. The molecule has 2 nitrogen and oxygen atoms in total. The molecular formula is C10H8Cl2N2S. The molecule has 0 aliphatic carbocycles. The second-order valence-electron chi connectivity index (χ2n) is 2.95. The summed E-state index contributed by atoms with van der Waals surface area (Å²) >= 11 is 13.1. The molecule has 2 aromatic rings. The topological polar surface area (TPSA) is 25.8 Å². The second kappa shape index (κ2) is 4.92. The summed E-state index contributed by atoms with van der Waals surface area (Å²) in [5.74, 6) is 0.574. The number of aryl methyl sites for hydroxylation is 1. The van der Waals surface area contributed by atoms with Crippen LogP contribution in [0.4, 0.5) is 0 Å². The van der Waals surface area contributed by atoms with Crippen LogP contribution in [0.2, 0.25) is 5.02 Å². The highest BCUT2D eigenvalue weighted by Crippen LogP contribution is 2.25. The summed E-state index contributed by atoms with van der Waals surface area (Å²) in [6.07, 6.45) is 0.764. The molecular weight excluding hydrogens is 251 g/mol. The van der Waals surface area contributed by atoms with Crippen molar-refractivity contribution in [1.29, 1.82) is 0 Å². The van der Waals surface area contributed by atoms with E-state index in [1.165, 1.54) is 0 Å². The fraction of sp³-hybridized carbons (Fsp3) is 0.200. The molecule has 5 heteroatoms. The van der Waals surface area contributed by atoms with Gasteiger partial charge in [-0.05, 0) is 12.1 Å². The molecule has 0 aliphatic rings. The number of nitrogens with zero attached hydrogens (tertiary/aromatic N) is 2. The molecule has 0 spiro atoms. The van der Waals surface area contributed by atoms with Gasteiger partial charge in [-0.1, -0.05) is 35.1 Å². The van der Waals surface area contributed by atoms with Crippen molar-refractivity contribution in [3.63, 3.8) is 0 Å². The van der Waals surface area contributed by atoms with Gasteiger partial charge in [-0.3, -0.25) is 0 Å². The standard InChI is InChI=1S/C10H8Cl2N2S/c11-5-4-9-13-14-10(15-9)7-2-1-3-8(12)6-7/h1-3,6H,4-5H2. The summed E-state index contributed by atoms with van der Waals surface area (Å²) in [5.41, 5.74) is 1.00. The van der Waals surface area contributed by atoms with Crippen LogP contribution >= 0.6 is 34.5 Å². The molecule has 0 fully saturated rings. The zero-order valence-electron chi connectivity index (χ0n) is 7.78. The summed E-state index contributed by atoms with van der Waals surface area (Å²) in [4.78, 5) is 0. The Morgan fingerprint density at radius 2 is 2.13 bits per heavy atom. The number of alkyl halides is 1. The second-order valence-corrected chi connectivity index (χ2v) is 4.83. The average molecular weight is 259 g/mol. The van der Waals surface area contributed by atoms with Gasteiger partial charge in [-0.25, -0.2) is 0 Å². The Morgan fingerprint density at radius 3 is 2.87 bits per heavy atom. The van der Waals surface area contributed by atoms with Gasteiger partial charge in [-0.15, -0.1) is 21.8 Å². The van der Waals surface area contributed by atoms with Crippen LogP contribution < -0.4 is 0 Å². The van der Waals surface area contributed by atoms with Crippen LogP contribution in [0.3, 0.4) is 0 Å². The molecule has 1 heterocycles. The normalized spacial score (nSPS) is 10.5. The van der Waals surface area contributed by atoms with Crippen LogP contribution in [0.25, 0.3) is 10.6 Å². The van der Waals surface area contributed by atoms with Crippen molar-refractivity contribution < 1.29 is 0 Å². The summed E-state index contributed by atoms with van der Waals surface area (Å²) in [6, 6.07) is 7.59. The zero-order chi connectivity index (χ0) is 10.7. The SMILES string of the molecule is ClCCc1nnc(-c2cccc(Cl)c2)s1. The van der Waals surface area contributed by atoms with Crippen LogP contribution in [0, 0.1) is 0 Å². The van der Waals surface area contributed by atoms with E-state index in [0.29, 0.717) is 10.9 Å². The van der Waals surface area contributed by atoms with E-state index in [2.05, 4.69) is 10.2 Å². The number of hydrogen-bond acceptors (Lipinski definition) is 3. The molecule has 1 aromatic carbocycles. The van der Waals surface area contributed by atoms with E-state index >= 15 is 0 Å². The largest absolute Gasteiger partial charge is 0.147 e. The molecule has 0 atom stereocenters. The number of halogens is 2. The third kappa shape index (κ3) is 2.68.